The zero-order chi connectivity index (χ0) is 18.6. The highest BCUT2D eigenvalue weighted by molar-refractivity contribution is 14.0. The van der Waals surface area contributed by atoms with Gasteiger partial charge >= 0.3 is 0 Å². The van der Waals surface area contributed by atoms with Crippen molar-refractivity contribution in [1.29, 1.82) is 0 Å². The maximum absolute atomic E-state index is 12.6. The van der Waals surface area contributed by atoms with Crippen LogP contribution in [-0.4, -0.2) is 83.3 Å². The first-order valence-electron chi connectivity index (χ1n) is 9.39. The van der Waals surface area contributed by atoms with E-state index in [0.717, 1.165) is 25.9 Å². The number of nitrogens with zero attached hydrogens (tertiary/aromatic N) is 4. The fraction of sp³-hybridized carbons (Fsp3) is 0.833. The average Bonchev–Trinajstić information content (AvgIpc) is 3.03. The van der Waals surface area contributed by atoms with Crippen molar-refractivity contribution in [2.75, 3.05) is 39.3 Å². The number of piperazine rings is 1. The predicted octanol–water partition coefficient (Wildman–Crippen LogP) is 1.52. The van der Waals surface area contributed by atoms with Crippen LogP contribution in [0.3, 0.4) is 0 Å². The van der Waals surface area contributed by atoms with E-state index in [1.165, 1.54) is 0 Å². The maximum atomic E-state index is 12.6. The molecule has 0 spiro atoms. The summed E-state index contributed by atoms with van der Waals surface area (Å²) in [4.78, 5) is 35.2. The molecule has 0 saturated carbocycles. The molecule has 2 heterocycles. The molecule has 0 aromatic carbocycles. The molecular formula is C18H34IN5O2. The monoisotopic (exact) mass is 479 g/mol. The minimum Gasteiger partial charge on any atom is -0.356 e. The lowest BCUT2D eigenvalue weighted by atomic mass is 9.96. The Hall–Kier alpha value is -1.06. The number of halogens is 1. The second-order valence-electron chi connectivity index (χ2n) is 7.78. The van der Waals surface area contributed by atoms with Crippen LogP contribution >= 0.6 is 24.0 Å². The third-order valence-electron chi connectivity index (χ3n) is 4.80. The van der Waals surface area contributed by atoms with Crippen LogP contribution in [0.1, 0.15) is 47.5 Å². The molecule has 8 heteroatoms. The molecule has 2 rings (SSSR count). The zero-order valence-corrected chi connectivity index (χ0v) is 19.1. The number of amides is 2. The highest BCUT2D eigenvalue weighted by atomic mass is 127. The van der Waals surface area contributed by atoms with E-state index in [0.29, 0.717) is 25.6 Å². The van der Waals surface area contributed by atoms with Gasteiger partial charge in [-0.05, 0) is 47.5 Å². The molecule has 0 aromatic heterocycles. The van der Waals surface area contributed by atoms with Gasteiger partial charge in [-0.1, -0.05) is 0 Å². The van der Waals surface area contributed by atoms with E-state index in [1.54, 1.807) is 0 Å². The number of aliphatic imine (C=N–C) groups is 1. The van der Waals surface area contributed by atoms with Crippen LogP contribution in [0.4, 0.5) is 0 Å². The first-order valence-corrected chi connectivity index (χ1v) is 9.39. The summed E-state index contributed by atoms with van der Waals surface area (Å²) in [5.41, 5.74) is -0.279. The summed E-state index contributed by atoms with van der Waals surface area (Å²) in [7, 11) is 0. The predicted molar refractivity (Wildman–Crippen MR) is 115 cm³/mol. The number of carbonyl (C=O) groups excluding carboxylic acids is 2. The molecule has 2 aliphatic heterocycles. The summed E-state index contributed by atoms with van der Waals surface area (Å²) in [6, 6.07) is 0.168. The smallest absolute Gasteiger partial charge is 0.244 e. The Labute approximate surface area is 174 Å². The van der Waals surface area contributed by atoms with Gasteiger partial charge in [0.25, 0.3) is 0 Å². The van der Waals surface area contributed by atoms with Gasteiger partial charge in [-0.15, -0.1) is 24.0 Å². The Morgan fingerprint density at radius 2 is 1.85 bits per heavy atom. The Balaban J connectivity index is 0.00000338. The zero-order valence-electron chi connectivity index (χ0n) is 16.7. The first kappa shape index (κ1) is 23.0. The number of guanidine groups is 1. The van der Waals surface area contributed by atoms with E-state index in [9.17, 15) is 9.59 Å². The molecular weight excluding hydrogens is 445 g/mol. The molecule has 0 aromatic rings. The summed E-state index contributed by atoms with van der Waals surface area (Å²) < 4.78 is 0. The normalized spacial score (nSPS) is 20.5. The number of hydrogen-bond donors (Lipinski definition) is 1. The van der Waals surface area contributed by atoms with Gasteiger partial charge in [0.15, 0.2) is 5.96 Å². The third-order valence-corrected chi connectivity index (χ3v) is 4.80. The lowest BCUT2D eigenvalue weighted by Crippen LogP contribution is -2.66. The number of nitrogens with one attached hydrogen (secondary N) is 1. The third kappa shape index (κ3) is 5.47. The maximum Gasteiger partial charge on any atom is 0.244 e. The number of hydrogen-bond acceptors (Lipinski definition) is 3. The second kappa shape index (κ2) is 9.75. The van der Waals surface area contributed by atoms with E-state index < -0.39 is 0 Å². The van der Waals surface area contributed by atoms with Crippen LogP contribution in [0.15, 0.2) is 4.99 Å². The van der Waals surface area contributed by atoms with Gasteiger partial charge in [-0.25, -0.2) is 4.99 Å². The van der Waals surface area contributed by atoms with Crippen molar-refractivity contribution in [3.05, 3.63) is 0 Å². The van der Waals surface area contributed by atoms with Crippen LogP contribution in [0, 0.1) is 0 Å². The number of likely N-dealkylation sites (tertiary alicyclic amines) is 1. The topological polar surface area (TPSA) is 68.2 Å². The molecule has 26 heavy (non-hydrogen) atoms. The molecule has 0 bridgehead atoms. The minimum absolute atomic E-state index is 0. The Kier molecular flexibility index (Phi) is 8.62. The molecule has 0 aliphatic carbocycles. The van der Waals surface area contributed by atoms with Crippen molar-refractivity contribution in [3.8, 4) is 0 Å². The van der Waals surface area contributed by atoms with E-state index >= 15 is 0 Å². The molecule has 0 unspecified atom stereocenters. The van der Waals surface area contributed by atoms with Gasteiger partial charge in [0.2, 0.25) is 11.8 Å². The van der Waals surface area contributed by atoms with Crippen molar-refractivity contribution in [2.45, 2.75) is 59.0 Å². The van der Waals surface area contributed by atoms with Gasteiger partial charge in [-0.3, -0.25) is 9.59 Å². The van der Waals surface area contributed by atoms with Crippen LogP contribution in [0.2, 0.25) is 0 Å². The molecule has 2 saturated heterocycles. The van der Waals surface area contributed by atoms with Crippen molar-refractivity contribution in [2.24, 2.45) is 4.99 Å². The van der Waals surface area contributed by atoms with Crippen LogP contribution in [0.25, 0.3) is 0 Å². The molecule has 2 aliphatic rings. The standard InChI is InChI=1S/C18H33N5O2.HI/c1-6-19-17(20-11-15(24)21-9-7-8-10-21)22-12-16(25)23(14(2)3)18(4,5)13-22;/h14H,6-13H2,1-5H3,(H,19,20);1H. The van der Waals surface area contributed by atoms with Gasteiger partial charge in [0, 0.05) is 32.2 Å². The second-order valence-corrected chi connectivity index (χ2v) is 7.78. The quantitative estimate of drug-likeness (QED) is 0.377. The van der Waals surface area contributed by atoms with Crippen molar-refractivity contribution >= 4 is 41.8 Å². The molecule has 0 atom stereocenters. The SMILES string of the molecule is CCNC(=NCC(=O)N1CCCC1)N1CC(=O)N(C(C)C)C(C)(C)C1.I. The van der Waals surface area contributed by atoms with E-state index in [-0.39, 0.29) is 53.9 Å². The van der Waals surface area contributed by atoms with E-state index in [4.69, 9.17) is 0 Å². The highest BCUT2D eigenvalue weighted by Gasteiger charge is 2.40. The summed E-state index contributed by atoms with van der Waals surface area (Å²) in [5.74, 6) is 0.821. The lowest BCUT2D eigenvalue weighted by Gasteiger charge is -2.49. The van der Waals surface area contributed by atoms with Crippen LogP contribution in [0.5, 0.6) is 0 Å². The largest absolute Gasteiger partial charge is 0.356 e. The molecule has 7 nitrogen and oxygen atoms in total. The van der Waals surface area contributed by atoms with E-state index in [2.05, 4.69) is 24.2 Å². The van der Waals surface area contributed by atoms with Gasteiger partial charge in [-0.2, -0.15) is 0 Å². The summed E-state index contributed by atoms with van der Waals surface area (Å²) in [6.45, 7) is 13.8. The van der Waals surface area contributed by atoms with Crippen molar-refractivity contribution in [3.63, 3.8) is 0 Å². The molecule has 150 valence electrons. The van der Waals surface area contributed by atoms with E-state index in [1.807, 2.05) is 35.5 Å². The van der Waals surface area contributed by atoms with Crippen LogP contribution in [-0.2, 0) is 9.59 Å². The Morgan fingerprint density at radius 1 is 1.23 bits per heavy atom. The van der Waals surface area contributed by atoms with Crippen molar-refractivity contribution in [1.82, 2.24) is 20.0 Å². The van der Waals surface area contributed by atoms with Crippen molar-refractivity contribution < 1.29 is 9.59 Å². The van der Waals surface area contributed by atoms with Gasteiger partial charge in [0.1, 0.15) is 6.54 Å². The summed E-state index contributed by atoms with van der Waals surface area (Å²) >= 11 is 0. The summed E-state index contributed by atoms with van der Waals surface area (Å²) in [5, 5.41) is 3.24. The molecule has 0 radical (unpaired) electrons. The molecule has 2 fully saturated rings. The minimum atomic E-state index is -0.279. The van der Waals surface area contributed by atoms with Gasteiger partial charge < -0.3 is 20.0 Å². The fourth-order valence-corrected chi connectivity index (χ4v) is 3.95. The number of carbonyl (C=O) groups is 2. The average molecular weight is 479 g/mol. The Bertz CT molecular complexity index is 530. The van der Waals surface area contributed by atoms with Gasteiger partial charge in [0.05, 0.1) is 12.1 Å². The molecule has 2 amide bonds. The van der Waals surface area contributed by atoms with Crippen LogP contribution < -0.4 is 5.32 Å². The Morgan fingerprint density at radius 3 is 2.35 bits per heavy atom. The summed E-state index contributed by atoms with van der Waals surface area (Å²) in [6.07, 6.45) is 2.16. The highest BCUT2D eigenvalue weighted by Crippen LogP contribution is 2.24. The fourth-order valence-electron chi connectivity index (χ4n) is 3.95. The lowest BCUT2D eigenvalue weighted by molar-refractivity contribution is -0.145. The molecule has 1 N–H and O–H groups in total. The first-order chi connectivity index (χ1) is 11.8. The number of rotatable bonds is 4.